The zero-order chi connectivity index (χ0) is 14.8. The lowest BCUT2D eigenvalue weighted by molar-refractivity contribution is -0.384. The number of hydrogen-bond donors (Lipinski definition) is 1. The summed E-state index contributed by atoms with van der Waals surface area (Å²) in [5, 5.41) is 15.1. The van der Waals surface area contributed by atoms with Crippen molar-refractivity contribution in [1.82, 2.24) is 9.97 Å². The van der Waals surface area contributed by atoms with Crippen LogP contribution in [0.15, 0.2) is 48.8 Å². The van der Waals surface area contributed by atoms with Gasteiger partial charge in [-0.1, -0.05) is 17.7 Å². The highest BCUT2D eigenvalue weighted by atomic mass is 35.5. The van der Waals surface area contributed by atoms with Crippen LogP contribution in [-0.4, -0.2) is 14.9 Å². The highest BCUT2D eigenvalue weighted by Crippen LogP contribution is 2.27. The van der Waals surface area contributed by atoms with E-state index in [0.29, 0.717) is 21.7 Å². The minimum atomic E-state index is -0.449. The van der Waals surface area contributed by atoms with E-state index in [9.17, 15) is 10.1 Å². The average Bonchev–Trinajstić information content (AvgIpc) is 2.47. The Balaban J connectivity index is 2.09. The van der Waals surface area contributed by atoms with Crippen LogP contribution in [0.5, 0.6) is 0 Å². The monoisotopic (exact) mass is 300 g/mol. The summed E-state index contributed by atoms with van der Waals surface area (Å²) in [4.78, 5) is 18.7. The van der Waals surface area contributed by atoms with Gasteiger partial charge in [-0.05, 0) is 24.3 Å². The summed E-state index contributed by atoms with van der Waals surface area (Å²) in [5.41, 5.74) is 1.36. The van der Waals surface area contributed by atoms with Crippen LogP contribution in [-0.2, 0) is 0 Å². The van der Waals surface area contributed by atoms with Gasteiger partial charge in [-0.2, -0.15) is 0 Å². The molecule has 3 aromatic rings. The summed E-state index contributed by atoms with van der Waals surface area (Å²) in [6, 6.07) is 11.6. The van der Waals surface area contributed by atoms with Gasteiger partial charge in [0.2, 0.25) is 0 Å². The molecule has 0 aliphatic rings. The lowest BCUT2D eigenvalue weighted by atomic mass is 10.2. The van der Waals surface area contributed by atoms with E-state index in [0.717, 1.165) is 5.69 Å². The Kier molecular flexibility index (Phi) is 3.37. The van der Waals surface area contributed by atoms with Crippen LogP contribution in [0.2, 0.25) is 5.02 Å². The summed E-state index contributed by atoms with van der Waals surface area (Å²) in [6.07, 6.45) is 1.40. The summed E-state index contributed by atoms with van der Waals surface area (Å²) in [5.74, 6) is 0.492. The van der Waals surface area contributed by atoms with E-state index in [1.54, 1.807) is 24.3 Å². The molecule has 1 N–H and O–H groups in total. The third-order valence-corrected chi connectivity index (χ3v) is 3.15. The first-order chi connectivity index (χ1) is 10.1. The van der Waals surface area contributed by atoms with Gasteiger partial charge >= 0.3 is 0 Å². The first-order valence-electron chi connectivity index (χ1n) is 6.05. The van der Waals surface area contributed by atoms with Crippen molar-refractivity contribution in [2.24, 2.45) is 0 Å². The number of benzene rings is 2. The largest absolute Gasteiger partial charge is 0.340 e. The Morgan fingerprint density at radius 1 is 1.14 bits per heavy atom. The average molecular weight is 301 g/mol. The molecule has 0 aliphatic heterocycles. The molecule has 0 unspecified atom stereocenters. The van der Waals surface area contributed by atoms with Crippen LogP contribution in [0.3, 0.4) is 0 Å². The highest BCUT2D eigenvalue weighted by Gasteiger charge is 2.10. The molecule has 7 heteroatoms. The van der Waals surface area contributed by atoms with Gasteiger partial charge in [0.25, 0.3) is 5.69 Å². The molecule has 0 saturated carbocycles. The Labute approximate surface area is 124 Å². The molecule has 0 spiro atoms. The second-order valence-corrected chi connectivity index (χ2v) is 4.75. The number of nitrogens with one attached hydrogen (secondary N) is 1. The quantitative estimate of drug-likeness (QED) is 0.585. The van der Waals surface area contributed by atoms with Gasteiger partial charge in [0.15, 0.2) is 0 Å². The van der Waals surface area contributed by atoms with Crippen molar-refractivity contribution < 1.29 is 4.92 Å². The zero-order valence-corrected chi connectivity index (χ0v) is 11.4. The summed E-state index contributed by atoms with van der Waals surface area (Å²) < 4.78 is 0. The molecule has 0 fully saturated rings. The molecule has 6 nitrogen and oxygen atoms in total. The number of nitro groups is 1. The Morgan fingerprint density at radius 3 is 2.76 bits per heavy atom. The van der Waals surface area contributed by atoms with Gasteiger partial charge in [-0.15, -0.1) is 0 Å². The number of aromatic nitrogens is 2. The Morgan fingerprint density at radius 2 is 2.00 bits per heavy atom. The molecule has 104 valence electrons. The standard InChI is InChI=1S/C14H9ClN4O2/c15-9-2-1-3-10(6-9)18-14-12-7-11(19(20)21)4-5-13(12)16-8-17-14/h1-8H,(H,16,17,18). The van der Waals surface area contributed by atoms with Gasteiger partial charge in [-0.25, -0.2) is 9.97 Å². The topological polar surface area (TPSA) is 81.0 Å². The molecule has 21 heavy (non-hydrogen) atoms. The fourth-order valence-electron chi connectivity index (χ4n) is 1.96. The normalized spacial score (nSPS) is 10.5. The second kappa shape index (κ2) is 5.34. The Hall–Kier alpha value is -2.73. The first-order valence-corrected chi connectivity index (χ1v) is 6.43. The number of anilines is 2. The summed E-state index contributed by atoms with van der Waals surface area (Å²) >= 11 is 5.93. The lowest BCUT2D eigenvalue weighted by Crippen LogP contribution is -1.97. The molecule has 1 heterocycles. The maximum absolute atomic E-state index is 10.9. The van der Waals surface area contributed by atoms with Crippen LogP contribution in [0.4, 0.5) is 17.2 Å². The number of nitro benzene ring substituents is 1. The van der Waals surface area contributed by atoms with E-state index >= 15 is 0 Å². The molecular weight excluding hydrogens is 292 g/mol. The van der Waals surface area contributed by atoms with E-state index < -0.39 is 4.92 Å². The van der Waals surface area contributed by atoms with Gasteiger partial charge in [-0.3, -0.25) is 10.1 Å². The van der Waals surface area contributed by atoms with Crippen molar-refractivity contribution in [3.05, 3.63) is 63.9 Å². The molecule has 0 aliphatic carbocycles. The van der Waals surface area contributed by atoms with Crippen molar-refractivity contribution in [2.75, 3.05) is 5.32 Å². The first kappa shape index (κ1) is 13.3. The third-order valence-electron chi connectivity index (χ3n) is 2.92. The zero-order valence-electron chi connectivity index (χ0n) is 10.7. The molecule has 3 rings (SSSR count). The number of hydrogen-bond acceptors (Lipinski definition) is 5. The highest BCUT2D eigenvalue weighted by molar-refractivity contribution is 6.30. The van der Waals surface area contributed by atoms with Gasteiger partial charge in [0.1, 0.15) is 12.1 Å². The fraction of sp³-hybridized carbons (Fsp3) is 0. The third kappa shape index (κ3) is 2.75. The number of halogens is 1. The molecule has 0 radical (unpaired) electrons. The number of rotatable bonds is 3. The van der Waals surface area contributed by atoms with E-state index in [1.807, 2.05) is 6.07 Å². The van der Waals surface area contributed by atoms with Crippen LogP contribution in [0, 0.1) is 10.1 Å². The smallest absolute Gasteiger partial charge is 0.270 e. The van der Waals surface area contributed by atoms with E-state index in [2.05, 4.69) is 15.3 Å². The molecule has 0 atom stereocenters. The predicted octanol–water partition coefficient (Wildman–Crippen LogP) is 3.94. The number of fused-ring (bicyclic) bond motifs is 1. The van der Waals surface area contributed by atoms with E-state index in [-0.39, 0.29) is 5.69 Å². The van der Waals surface area contributed by atoms with Crippen LogP contribution in [0.25, 0.3) is 10.9 Å². The second-order valence-electron chi connectivity index (χ2n) is 4.32. The SMILES string of the molecule is O=[N+]([O-])c1ccc2ncnc(Nc3cccc(Cl)c3)c2c1. The van der Waals surface area contributed by atoms with Crippen LogP contribution in [0.1, 0.15) is 0 Å². The molecule has 0 bridgehead atoms. The Bertz CT molecular complexity index is 838. The van der Waals surface area contributed by atoms with Gasteiger partial charge in [0, 0.05) is 28.2 Å². The van der Waals surface area contributed by atoms with Crippen molar-refractivity contribution in [3.63, 3.8) is 0 Å². The van der Waals surface area contributed by atoms with E-state index in [1.165, 1.54) is 18.5 Å². The minimum Gasteiger partial charge on any atom is -0.340 e. The van der Waals surface area contributed by atoms with Crippen molar-refractivity contribution in [1.29, 1.82) is 0 Å². The van der Waals surface area contributed by atoms with Gasteiger partial charge < -0.3 is 5.32 Å². The summed E-state index contributed by atoms with van der Waals surface area (Å²) in [6.45, 7) is 0. The molecule has 0 saturated heterocycles. The van der Waals surface area contributed by atoms with Crippen molar-refractivity contribution >= 4 is 39.7 Å². The van der Waals surface area contributed by atoms with Crippen molar-refractivity contribution in [2.45, 2.75) is 0 Å². The minimum absolute atomic E-state index is 0.00792. The van der Waals surface area contributed by atoms with Crippen LogP contribution < -0.4 is 5.32 Å². The van der Waals surface area contributed by atoms with Crippen molar-refractivity contribution in [3.8, 4) is 0 Å². The summed E-state index contributed by atoms with van der Waals surface area (Å²) in [7, 11) is 0. The van der Waals surface area contributed by atoms with Gasteiger partial charge in [0.05, 0.1) is 10.4 Å². The fourth-order valence-corrected chi connectivity index (χ4v) is 2.15. The predicted molar refractivity (Wildman–Crippen MR) is 80.9 cm³/mol. The maximum Gasteiger partial charge on any atom is 0.270 e. The molecule has 2 aromatic carbocycles. The van der Waals surface area contributed by atoms with E-state index in [4.69, 9.17) is 11.6 Å². The maximum atomic E-state index is 10.9. The number of non-ortho nitro benzene ring substituents is 1. The lowest BCUT2D eigenvalue weighted by Gasteiger charge is -2.08. The molecule has 0 amide bonds. The van der Waals surface area contributed by atoms with Crippen LogP contribution >= 0.6 is 11.6 Å². The molecular formula is C14H9ClN4O2. The number of nitrogens with zero attached hydrogens (tertiary/aromatic N) is 3. The molecule has 1 aromatic heterocycles.